The summed E-state index contributed by atoms with van der Waals surface area (Å²) < 4.78 is 26.3. The predicted octanol–water partition coefficient (Wildman–Crippen LogP) is 7.63. The van der Waals surface area contributed by atoms with E-state index in [1.54, 1.807) is 13.2 Å². The molecule has 4 aliphatic rings. The van der Waals surface area contributed by atoms with Crippen molar-refractivity contribution in [2.75, 3.05) is 79.3 Å². The van der Waals surface area contributed by atoms with Gasteiger partial charge in [0.25, 0.3) is 0 Å². The number of ether oxygens (including phenoxy) is 5. The summed E-state index contributed by atoms with van der Waals surface area (Å²) in [6.07, 6.45) is 31.3. The molecule has 62 heavy (non-hydrogen) atoms. The first-order valence-electron chi connectivity index (χ1n) is 24.0. The second-order valence-corrected chi connectivity index (χ2v) is 18.1. The van der Waals surface area contributed by atoms with Crippen LogP contribution in [0.3, 0.4) is 0 Å². The Morgan fingerprint density at radius 2 is 0.806 bits per heavy atom. The number of likely N-dealkylation sites (tertiary alicyclic amines) is 4. The van der Waals surface area contributed by atoms with Gasteiger partial charge in [-0.1, -0.05) is 45.4 Å². The van der Waals surface area contributed by atoms with E-state index < -0.39 is 0 Å². The molecule has 0 spiro atoms. The average Bonchev–Trinajstić information content (AvgIpc) is 3.28. The van der Waals surface area contributed by atoms with Gasteiger partial charge in [-0.3, -0.25) is 0 Å². The van der Waals surface area contributed by atoms with Crippen molar-refractivity contribution in [2.24, 2.45) is 23.7 Å². The molecule has 0 N–H and O–H groups in total. The van der Waals surface area contributed by atoms with Crippen LogP contribution >= 0.6 is 0 Å². The number of hydrogen-bond donors (Lipinski definition) is 0. The highest BCUT2D eigenvalue weighted by molar-refractivity contribution is 5.83. The van der Waals surface area contributed by atoms with Gasteiger partial charge in [0.05, 0.1) is 19.3 Å². The lowest BCUT2D eigenvalue weighted by atomic mass is 9.87. The van der Waals surface area contributed by atoms with Crippen molar-refractivity contribution in [3.8, 4) is 0 Å². The Balaban J connectivity index is 0.952. The minimum Gasteiger partial charge on any atom is -0.462 e. The molecule has 0 amide bonds. The highest BCUT2D eigenvalue weighted by Crippen LogP contribution is 2.29. The number of esters is 4. The molecule has 2 atom stereocenters. The largest absolute Gasteiger partial charge is 0.462 e. The van der Waals surface area contributed by atoms with E-state index >= 15 is 0 Å². The number of nitrogens with zero attached hydrogens (tertiary/aromatic N) is 4. The van der Waals surface area contributed by atoms with Gasteiger partial charge in [-0.2, -0.15) is 0 Å². The maximum Gasteiger partial charge on any atom is 0.332 e. The Kier molecular flexibility index (Phi) is 24.0. The number of hydrogen-bond acceptors (Lipinski definition) is 13. The Hall–Kier alpha value is -4.00. The van der Waals surface area contributed by atoms with Crippen molar-refractivity contribution in [3.05, 3.63) is 49.1 Å². The summed E-state index contributed by atoms with van der Waals surface area (Å²) in [5.74, 6) is 1.67. The van der Waals surface area contributed by atoms with Crippen molar-refractivity contribution >= 4 is 23.9 Å². The summed E-state index contributed by atoms with van der Waals surface area (Å²) in [5, 5.41) is 0. The zero-order chi connectivity index (χ0) is 44.4. The van der Waals surface area contributed by atoms with E-state index in [2.05, 4.69) is 19.6 Å². The first-order chi connectivity index (χ1) is 30.1. The molecule has 4 aliphatic heterocycles. The third-order valence-corrected chi connectivity index (χ3v) is 13.2. The lowest BCUT2D eigenvalue weighted by Gasteiger charge is -2.33. The molecule has 4 heterocycles. The van der Waals surface area contributed by atoms with Gasteiger partial charge >= 0.3 is 23.9 Å². The van der Waals surface area contributed by atoms with Crippen LogP contribution in [0.4, 0.5) is 0 Å². The second-order valence-electron chi connectivity index (χ2n) is 18.1. The number of carbonyl (C=O) groups is 4. The van der Waals surface area contributed by atoms with Crippen LogP contribution in [0.1, 0.15) is 124 Å². The highest BCUT2D eigenvalue weighted by atomic mass is 16.6. The van der Waals surface area contributed by atoms with E-state index in [4.69, 9.17) is 23.7 Å². The highest BCUT2D eigenvalue weighted by Gasteiger charge is 2.23. The van der Waals surface area contributed by atoms with Gasteiger partial charge in [-0.15, -0.1) is 0 Å². The fraction of sp³-hybridized carbons (Fsp3) is 0.755. The summed E-state index contributed by atoms with van der Waals surface area (Å²) in [5.41, 5.74) is 0. The van der Waals surface area contributed by atoms with Crippen molar-refractivity contribution in [3.63, 3.8) is 0 Å². The molecule has 0 aliphatic carbocycles. The second kappa shape index (κ2) is 29.4. The van der Waals surface area contributed by atoms with Crippen molar-refractivity contribution in [1.29, 1.82) is 0 Å². The molecule has 350 valence electrons. The average molecular weight is 869 g/mol. The van der Waals surface area contributed by atoms with Crippen molar-refractivity contribution in [2.45, 2.75) is 136 Å². The predicted molar refractivity (Wildman–Crippen MR) is 241 cm³/mol. The van der Waals surface area contributed by atoms with E-state index in [9.17, 15) is 19.2 Å². The molecule has 0 aromatic rings. The third-order valence-electron chi connectivity index (χ3n) is 13.2. The van der Waals surface area contributed by atoms with Gasteiger partial charge in [-0.25, -0.2) is 19.2 Å². The smallest absolute Gasteiger partial charge is 0.332 e. The third kappa shape index (κ3) is 21.4. The quantitative estimate of drug-likeness (QED) is 0.0387. The van der Waals surface area contributed by atoms with Crippen LogP contribution in [0.5, 0.6) is 0 Å². The molecule has 0 bridgehead atoms. The lowest BCUT2D eigenvalue weighted by molar-refractivity contribution is -0.145. The maximum atomic E-state index is 12.5. The monoisotopic (exact) mass is 869 g/mol. The van der Waals surface area contributed by atoms with E-state index in [1.165, 1.54) is 69.6 Å². The van der Waals surface area contributed by atoms with Crippen LogP contribution < -0.4 is 0 Å². The van der Waals surface area contributed by atoms with E-state index in [1.807, 2.05) is 45.6 Å². The summed E-state index contributed by atoms with van der Waals surface area (Å²) >= 11 is 0. The summed E-state index contributed by atoms with van der Waals surface area (Å²) in [6.45, 7) is 14.4. The molecule has 4 fully saturated rings. The zero-order valence-electron chi connectivity index (χ0n) is 38.6. The molecule has 13 nitrogen and oxygen atoms in total. The van der Waals surface area contributed by atoms with E-state index in [-0.39, 0.29) is 49.3 Å². The minimum absolute atomic E-state index is 0.0422. The first-order valence-corrected chi connectivity index (χ1v) is 24.0. The molecule has 0 aromatic carbocycles. The van der Waals surface area contributed by atoms with Crippen LogP contribution in [0.25, 0.3) is 0 Å². The number of piperidine rings is 4. The van der Waals surface area contributed by atoms with E-state index in [0.29, 0.717) is 13.0 Å². The summed E-state index contributed by atoms with van der Waals surface area (Å²) in [6, 6.07) is 0. The Morgan fingerprint density at radius 1 is 0.484 bits per heavy atom. The van der Waals surface area contributed by atoms with Crippen molar-refractivity contribution in [1.82, 2.24) is 19.6 Å². The molecule has 13 heteroatoms. The molecule has 4 saturated heterocycles. The Bertz CT molecular complexity index is 1420. The Labute approximate surface area is 373 Å². The van der Waals surface area contributed by atoms with Gasteiger partial charge in [0.1, 0.15) is 12.7 Å². The SMILES string of the molecule is CCC(C)OC(=O)/C=C/N1CCC(CCCC2CCN(/C=C/C(=O)OCCC(C)OC(=O)/C=C/N3CCC(CCCC4CCN(/C=C/C(=O)OCCOC)CC4)CC3)CC2)CC1. The first kappa shape index (κ1) is 50.6. The van der Waals surface area contributed by atoms with Crippen LogP contribution in [0, 0.1) is 23.7 Å². The molecule has 0 saturated carbocycles. The summed E-state index contributed by atoms with van der Waals surface area (Å²) in [4.78, 5) is 57.4. The zero-order valence-corrected chi connectivity index (χ0v) is 38.6. The van der Waals surface area contributed by atoms with Gasteiger partial charge in [-0.05, 0) is 95.3 Å². The molecular weight excluding hydrogens is 789 g/mol. The normalized spacial score (nSPS) is 20.1. The van der Waals surface area contributed by atoms with Crippen LogP contribution in [-0.4, -0.2) is 135 Å². The van der Waals surface area contributed by atoms with Gasteiger partial charge in [0.2, 0.25) is 0 Å². The topological polar surface area (TPSA) is 127 Å². The molecule has 0 aromatic heterocycles. The standard InChI is InChI=1S/C49H80N4O9/c1-5-40(2)61-48(56)22-35-52-29-16-44(17-30-52)10-6-8-42-12-25-50(26-13-42)33-20-46(54)59-37-24-41(3)62-49(57)23-36-53-31-18-45(19-32-53)11-7-9-43-14-27-51(28-15-43)34-21-47(55)60-39-38-58-4/h20-23,33-36,40-45H,5-19,24-32,37-39H2,1-4H3/b33-20+,34-21+,35-22+,36-23+. The number of methoxy groups -OCH3 is 1. The van der Waals surface area contributed by atoms with Gasteiger partial charge < -0.3 is 43.3 Å². The molecule has 2 unspecified atom stereocenters. The van der Waals surface area contributed by atoms with Crippen molar-refractivity contribution < 1.29 is 42.9 Å². The van der Waals surface area contributed by atoms with Crippen LogP contribution in [-0.2, 0) is 42.9 Å². The molecule has 4 rings (SSSR count). The molecule has 0 radical (unpaired) electrons. The fourth-order valence-corrected chi connectivity index (χ4v) is 8.88. The fourth-order valence-electron chi connectivity index (χ4n) is 8.88. The summed E-state index contributed by atoms with van der Waals surface area (Å²) in [7, 11) is 1.59. The maximum absolute atomic E-state index is 12.5. The Morgan fingerprint density at radius 3 is 1.15 bits per heavy atom. The van der Waals surface area contributed by atoms with E-state index in [0.717, 1.165) is 121 Å². The number of rotatable bonds is 25. The van der Waals surface area contributed by atoms with Gasteiger partial charge in [0, 0.05) is 115 Å². The van der Waals surface area contributed by atoms with Crippen LogP contribution in [0.15, 0.2) is 49.1 Å². The van der Waals surface area contributed by atoms with Gasteiger partial charge in [0.15, 0.2) is 0 Å². The lowest BCUT2D eigenvalue weighted by Crippen LogP contribution is -2.31. The molecular formula is C49H80N4O9. The minimum atomic E-state index is -0.370. The van der Waals surface area contributed by atoms with Crippen LogP contribution in [0.2, 0.25) is 0 Å². The number of carbonyl (C=O) groups excluding carboxylic acids is 4.